The molecular formula is C26H25NPb. The van der Waals surface area contributed by atoms with Gasteiger partial charge in [0.15, 0.2) is 0 Å². The third-order valence-electron chi connectivity index (χ3n) is 5.42. The molecule has 0 radical (unpaired) electrons. The summed E-state index contributed by atoms with van der Waals surface area (Å²) in [5.74, 6) is 0. The average Bonchev–Trinajstić information content (AvgIpc) is 2.77. The zero-order chi connectivity index (χ0) is 19.4. The van der Waals surface area contributed by atoms with Crippen molar-refractivity contribution in [1.29, 1.82) is 0 Å². The van der Waals surface area contributed by atoms with Gasteiger partial charge in [-0.1, -0.05) is 0 Å². The maximum atomic E-state index is 2.41. The van der Waals surface area contributed by atoms with Crippen molar-refractivity contribution in [2.75, 3.05) is 19.0 Å². The maximum absolute atomic E-state index is 3.62. The van der Waals surface area contributed by atoms with Crippen LogP contribution in [0.2, 0.25) is 0 Å². The van der Waals surface area contributed by atoms with Crippen LogP contribution < -0.4 is 17.4 Å². The molecule has 0 bridgehead atoms. The van der Waals surface area contributed by atoms with E-state index in [-0.39, 0.29) is 0 Å². The van der Waals surface area contributed by atoms with Crippen molar-refractivity contribution in [3.63, 3.8) is 0 Å². The van der Waals surface area contributed by atoms with Gasteiger partial charge in [-0.2, -0.15) is 0 Å². The van der Waals surface area contributed by atoms with Crippen molar-refractivity contribution in [3.8, 4) is 0 Å². The van der Waals surface area contributed by atoms with E-state index in [0.717, 1.165) is 0 Å². The molecule has 2 heteroatoms. The average molecular weight is 559 g/mol. The Kier molecular flexibility index (Phi) is 5.62. The summed E-state index contributed by atoms with van der Waals surface area (Å²) in [6, 6.07) is 42.7. The van der Waals surface area contributed by atoms with Gasteiger partial charge >= 0.3 is 174 Å². The molecule has 0 N–H and O–H groups in total. The van der Waals surface area contributed by atoms with E-state index in [4.69, 9.17) is 0 Å². The van der Waals surface area contributed by atoms with Gasteiger partial charge in [-0.15, -0.1) is 0 Å². The van der Waals surface area contributed by atoms with E-state index in [1.165, 1.54) is 18.2 Å². The Labute approximate surface area is 172 Å². The van der Waals surface area contributed by atoms with E-state index in [9.17, 15) is 0 Å². The predicted molar refractivity (Wildman–Crippen MR) is 124 cm³/mol. The van der Waals surface area contributed by atoms with Crippen molar-refractivity contribution in [2.45, 2.75) is 0 Å². The summed E-state index contributed by atoms with van der Waals surface area (Å²) in [6.07, 6.45) is 0. The van der Waals surface area contributed by atoms with Crippen LogP contribution in [0.3, 0.4) is 0 Å². The van der Waals surface area contributed by atoms with Crippen molar-refractivity contribution < 1.29 is 0 Å². The Balaban J connectivity index is 2.12. The quantitative estimate of drug-likeness (QED) is 0.341. The fourth-order valence-corrected chi connectivity index (χ4v) is 22.7. The van der Waals surface area contributed by atoms with E-state index >= 15 is 0 Å². The van der Waals surface area contributed by atoms with Crippen molar-refractivity contribution in [2.24, 2.45) is 0 Å². The standard InChI is InChI=1S/C8H10N.3C6H5.Pb/c1-9(2)8-6-4-3-5-7-8;3*1-2-4-6-5-3-1;/h3-4,6-7H,1-2H3;3*1-5H;. The van der Waals surface area contributed by atoms with Crippen LogP contribution in [0.1, 0.15) is 0 Å². The molecule has 1 nitrogen and oxygen atoms in total. The third-order valence-corrected chi connectivity index (χ3v) is 24.0. The summed E-state index contributed by atoms with van der Waals surface area (Å²) in [5, 5.41) is 0. The van der Waals surface area contributed by atoms with Crippen molar-refractivity contribution >= 4 is 39.4 Å². The molecule has 0 fully saturated rings. The molecule has 0 unspecified atom stereocenters. The van der Waals surface area contributed by atoms with E-state index in [2.05, 4.69) is 134 Å². The van der Waals surface area contributed by atoms with Gasteiger partial charge in [-0.25, -0.2) is 0 Å². The van der Waals surface area contributed by atoms with Gasteiger partial charge in [0.25, 0.3) is 0 Å². The van der Waals surface area contributed by atoms with Crippen LogP contribution in [0, 0.1) is 0 Å². The molecule has 4 aromatic rings. The van der Waals surface area contributed by atoms with Gasteiger partial charge in [0.2, 0.25) is 0 Å². The Morgan fingerprint density at radius 1 is 0.464 bits per heavy atom. The van der Waals surface area contributed by atoms with Gasteiger partial charge in [-0.05, 0) is 0 Å². The van der Waals surface area contributed by atoms with E-state index in [1.54, 1.807) is 0 Å². The molecular weight excluding hydrogens is 533 g/mol. The van der Waals surface area contributed by atoms with Crippen LogP contribution >= 0.6 is 0 Å². The molecule has 4 rings (SSSR count). The normalized spacial score (nSPS) is 11.2. The zero-order valence-electron chi connectivity index (χ0n) is 16.4. The van der Waals surface area contributed by atoms with Crippen LogP contribution in [-0.4, -0.2) is 35.3 Å². The van der Waals surface area contributed by atoms with Gasteiger partial charge in [0, 0.05) is 0 Å². The molecule has 0 aliphatic heterocycles. The first kappa shape index (κ1) is 18.9. The zero-order valence-corrected chi connectivity index (χ0v) is 20.3. The van der Waals surface area contributed by atoms with Gasteiger partial charge < -0.3 is 0 Å². The van der Waals surface area contributed by atoms with Gasteiger partial charge in [-0.3, -0.25) is 0 Å². The van der Waals surface area contributed by atoms with Crippen molar-refractivity contribution in [1.82, 2.24) is 0 Å². The molecule has 138 valence electrons. The minimum atomic E-state index is -3.62. The fourth-order valence-electron chi connectivity index (χ4n) is 4.08. The van der Waals surface area contributed by atoms with Crippen LogP contribution in [0.25, 0.3) is 0 Å². The number of hydrogen-bond donors (Lipinski definition) is 0. The molecule has 0 atom stereocenters. The minimum absolute atomic E-state index is 1.25. The summed E-state index contributed by atoms with van der Waals surface area (Å²) in [5.41, 5.74) is 1.25. The molecule has 0 heterocycles. The second-order valence-electron chi connectivity index (χ2n) is 7.29. The first-order valence-corrected chi connectivity index (χ1v) is 17.4. The molecule has 4 aromatic carbocycles. The second-order valence-corrected chi connectivity index (χ2v) is 22.1. The number of benzene rings is 4. The van der Waals surface area contributed by atoms with Crippen LogP contribution in [0.5, 0.6) is 0 Å². The molecule has 28 heavy (non-hydrogen) atoms. The number of anilines is 1. The van der Waals surface area contributed by atoms with E-state index in [0.29, 0.717) is 0 Å². The molecule has 0 aromatic heterocycles. The Hall–Kier alpha value is -2.40. The summed E-state index contributed by atoms with van der Waals surface area (Å²) in [7, 11) is 4.23. The van der Waals surface area contributed by atoms with E-state index < -0.39 is 21.2 Å². The molecule has 0 spiro atoms. The fraction of sp³-hybridized carbons (Fsp3) is 0.0769. The molecule has 0 aliphatic rings. The van der Waals surface area contributed by atoms with E-state index in [1.807, 2.05) is 0 Å². The summed E-state index contributed by atoms with van der Waals surface area (Å²) in [6.45, 7) is 0. The Morgan fingerprint density at radius 2 is 0.857 bits per heavy atom. The van der Waals surface area contributed by atoms with Crippen LogP contribution in [0.4, 0.5) is 5.69 Å². The monoisotopic (exact) mass is 559 g/mol. The van der Waals surface area contributed by atoms with Crippen LogP contribution in [-0.2, 0) is 0 Å². The first-order chi connectivity index (χ1) is 13.7. The summed E-state index contributed by atoms with van der Waals surface area (Å²) >= 11 is -3.62. The number of nitrogens with zero attached hydrogens (tertiary/aromatic N) is 1. The van der Waals surface area contributed by atoms with Crippen molar-refractivity contribution in [3.05, 3.63) is 115 Å². The van der Waals surface area contributed by atoms with Gasteiger partial charge in [0.1, 0.15) is 0 Å². The predicted octanol–water partition coefficient (Wildman–Crippen LogP) is 3.13. The Morgan fingerprint density at radius 3 is 1.25 bits per heavy atom. The molecule has 0 amide bonds. The molecule has 0 aliphatic carbocycles. The molecule has 0 saturated heterocycles. The summed E-state index contributed by atoms with van der Waals surface area (Å²) < 4.78 is 5.96. The number of rotatable bonds is 5. The van der Waals surface area contributed by atoms with Crippen LogP contribution in [0.15, 0.2) is 115 Å². The van der Waals surface area contributed by atoms with Gasteiger partial charge in [0.05, 0.1) is 0 Å². The first-order valence-electron chi connectivity index (χ1n) is 9.67. The second kappa shape index (κ2) is 8.31. The topological polar surface area (TPSA) is 3.24 Å². The summed E-state index contributed by atoms with van der Waals surface area (Å²) in [4.78, 5) is 2.20. The number of hydrogen-bond acceptors (Lipinski definition) is 1. The molecule has 0 saturated carbocycles. The Bertz CT molecular complexity index is 931. The SMILES string of the molecule is CN(C)c1ccc[c]([Pb]([c]2ccccc2)([c]2ccccc2)[c]2ccccc2)c1. The third kappa shape index (κ3) is 3.39.